The molecule has 2 rings (SSSR count). The number of rotatable bonds is 2. The van der Waals surface area contributed by atoms with Gasteiger partial charge in [-0.3, -0.25) is 5.32 Å². The van der Waals surface area contributed by atoms with Crippen LogP contribution in [0.15, 0.2) is 18.2 Å². The van der Waals surface area contributed by atoms with Crippen molar-refractivity contribution in [3.8, 4) is 0 Å². The van der Waals surface area contributed by atoms with Crippen LogP contribution in [-0.4, -0.2) is 11.7 Å². The number of benzene rings is 1. The van der Waals surface area contributed by atoms with Gasteiger partial charge in [0.25, 0.3) is 0 Å². The van der Waals surface area contributed by atoms with E-state index in [4.69, 9.17) is 4.74 Å². The largest absolute Gasteiger partial charge is 0.444 e. The molecule has 1 aliphatic carbocycles. The summed E-state index contributed by atoms with van der Waals surface area (Å²) in [6.07, 6.45) is 4.24. The van der Waals surface area contributed by atoms with Gasteiger partial charge in [-0.15, -0.1) is 0 Å². The second-order valence-corrected chi connectivity index (χ2v) is 6.59. The van der Waals surface area contributed by atoms with E-state index in [1.807, 2.05) is 32.9 Å². The fourth-order valence-corrected chi connectivity index (χ4v) is 2.74. The van der Waals surface area contributed by atoms with E-state index in [9.17, 15) is 4.79 Å². The zero-order valence-electron chi connectivity index (χ0n) is 13.0. The van der Waals surface area contributed by atoms with Gasteiger partial charge >= 0.3 is 6.09 Å². The van der Waals surface area contributed by atoms with E-state index in [0.717, 1.165) is 24.4 Å². The Labute approximate surface area is 121 Å². The van der Waals surface area contributed by atoms with Crippen LogP contribution >= 0.6 is 0 Å². The second kappa shape index (κ2) is 5.86. The normalized spacial score (nSPS) is 18.3. The van der Waals surface area contributed by atoms with Crippen molar-refractivity contribution in [2.45, 2.75) is 59.0 Å². The van der Waals surface area contributed by atoms with E-state index in [1.54, 1.807) is 0 Å². The van der Waals surface area contributed by atoms with Crippen molar-refractivity contribution in [3.05, 3.63) is 29.3 Å². The predicted molar refractivity (Wildman–Crippen MR) is 82.1 cm³/mol. The molecule has 3 nitrogen and oxygen atoms in total. The zero-order valence-corrected chi connectivity index (χ0v) is 13.0. The summed E-state index contributed by atoms with van der Waals surface area (Å²) >= 11 is 0. The van der Waals surface area contributed by atoms with Gasteiger partial charge in [0.2, 0.25) is 0 Å². The number of carbonyl (C=O) groups excluding carboxylic acids is 1. The summed E-state index contributed by atoms with van der Waals surface area (Å²) in [6.45, 7) is 7.86. The number of hydrogen-bond acceptors (Lipinski definition) is 2. The minimum absolute atomic E-state index is 0.371. The highest BCUT2D eigenvalue weighted by molar-refractivity contribution is 5.86. The Hall–Kier alpha value is -1.51. The topological polar surface area (TPSA) is 38.3 Å². The highest BCUT2D eigenvalue weighted by Gasteiger charge is 2.22. The summed E-state index contributed by atoms with van der Waals surface area (Å²) in [4.78, 5) is 11.9. The molecule has 0 radical (unpaired) electrons. The highest BCUT2D eigenvalue weighted by Crippen LogP contribution is 2.32. The molecule has 1 aromatic carbocycles. The van der Waals surface area contributed by atoms with Gasteiger partial charge in [-0.25, -0.2) is 4.79 Å². The Morgan fingerprint density at radius 1 is 1.40 bits per heavy atom. The van der Waals surface area contributed by atoms with Gasteiger partial charge in [0, 0.05) is 5.69 Å². The van der Waals surface area contributed by atoms with Gasteiger partial charge in [-0.2, -0.15) is 0 Å². The van der Waals surface area contributed by atoms with Crippen LogP contribution in [0.25, 0.3) is 0 Å². The smallest absolute Gasteiger partial charge is 0.412 e. The summed E-state index contributed by atoms with van der Waals surface area (Å²) in [5.41, 5.74) is 3.10. The zero-order chi connectivity index (χ0) is 14.8. The van der Waals surface area contributed by atoms with Gasteiger partial charge in [0.15, 0.2) is 0 Å². The Bertz CT molecular complexity index is 488. The Balaban J connectivity index is 2.15. The highest BCUT2D eigenvalue weighted by atomic mass is 16.6. The third-order valence-corrected chi connectivity index (χ3v) is 3.80. The molecule has 1 atom stereocenters. The molecule has 1 unspecified atom stereocenters. The third kappa shape index (κ3) is 3.75. The first-order valence-corrected chi connectivity index (χ1v) is 7.50. The van der Waals surface area contributed by atoms with E-state index in [-0.39, 0.29) is 6.09 Å². The number of aryl methyl sites for hydroxylation is 1. The van der Waals surface area contributed by atoms with E-state index in [2.05, 4.69) is 18.3 Å². The molecule has 20 heavy (non-hydrogen) atoms. The third-order valence-electron chi connectivity index (χ3n) is 3.80. The quantitative estimate of drug-likeness (QED) is 0.860. The van der Waals surface area contributed by atoms with E-state index >= 15 is 0 Å². The molecule has 0 saturated carbocycles. The number of carbonyl (C=O) groups is 1. The lowest BCUT2D eigenvalue weighted by atomic mass is 9.82. The molecule has 1 aliphatic rings. The lowest BCUT2D eigenvalue weighted by Crippen LogP contribution is -2.28. The number of ether oxygens (including phenoxy) is 1. The maximum atomic E-state index is 11.9. The van der Waals surface area contributed by atoms with Gasteiger partial charge < -0.3 is 4.74 Å². The molecular formula is C17H25NO2. The minimum Gasteiger partial charge on any atom is -0.444 e. The van der Waals surface area contributed by atoms with Crippen molar-refractivity contribution >= 4 is 11.8 Å². The van der Waals surface area contributed by atoms with Gasteiger partial charge in [0.05, 0.1) is 0 Å². The lowest BCUT2D eigenvalue weighted by Gasteiger charge is -2.26. The van der Waals surface area contributed by atoms with Crippen LogP contribution in [-0.2, 0) is 17.6 Å². The molecule has 0 fully saturated rings. The summed E-state index contributed by atoms with van der Waals surface area (Å²) in [6, 6.07) is 6.15. The summed E-state index contributed by atoms with van der Waals surface area (Å²) in [5, 5.41) is 2.91. The van der Waals surface area contributed by atoms with E-state index in [1.165, 1.54) is 24.0 Å². The van der Waals surface area contributed by atoms with E-state index in [0.29, 0.717) is 0 Å². The second-order valence-electron chi connectivity index (χ2n) is 6.59. The van der Waals surface area contributed by atoms with Crippen molar-refractivity contribution in [1.29, 1.82) is 0 Å². The molecule has 1 aromatic rings. The van der Waals surface area contributed by atoms with Crippen LogP contribution in [0.5, 0.6) is 0 Å². The predicted octanol–water partition coefficient (Wildman–Crippen LogP) is 4.55. The number of amides is 1. The van der Waals surface area contributed by atoms with Crippen LogP contribution in [0, 0.1) is 5.92 Å². The minimum atomic E-state index is -0.467. The molecule has 0 aromatic heterocycles. The van der Waals surface area contributed by atoms with Crippen molar-refractivity contribution in [2.75, 3.05) is 5.32 Å². The summed E-state index contributed by atoms with van der Waals surface area (Å²) in [7, 11) is 0. The average Bonchev–Trinajstić information content (AvgIpc) is 2.36. The molecule has 0 heterocycles. The fraction of sp³-hybridized carbons (Fsp3) is 0.588. The van der Waals surface area contributed by atoms with Crippen molar-refractivity contribution in [3.63, 3.8) is 0 Å². The molecule has 110 valence electrons. The molecule has 0 aliphatic heterocycles. The van der Waals surface area contributed by atoms with Crippen LogP contribution in [0.3, 0.4) is 0 Å². The summed E-state index contributed by atoms with van der Waals surface area (Å²) < 4.78 is 5.34. The molecule has 1 N–H and O–H groups in total. The van der Waals surface area contributed by atoms with Gasteiger partial charge in [0.1, 0.15) is 5.60 Å². The lowest BCUT2D eigenvalue weighted by molar-refractivity contribution is 0.0635. The molecule has 3 heteroatoms. The average molecular weight is 275 g/mol. The van der Waals surface area contributed by atoms with E-state index < -0.39 is 5.60 Å². The van der Waals surface area contributed by atoms with Gasteiger partial charge in [-0.1, -0.05) is 25.5 Å². The van der Waals surface area contributed by atoms with Crippen molar-refractivity contribution in [2.24, 2.45) is 5.92 Å². The first kappa shape index (κ1) is 14.9. The number of anilines is 1. The SMILES string of the molecule is CCC1CCc2cccc(NC(=O)OC(C)(C)C)c2C1. The van der Waals surface area contributed by atoms with Crippen LogP contribution in [0.2, 0.25) is 0 Å². The Kier molecular flexibility index (Phi) is 4.36. The summed E-state index contributed by atoms with van der Waals surface area (Å²) in [5.74, 6) is 0.726. The molecule has 0 bridgehead atoms. The number of hydrogen-bond donors (Lipinski definition) is 1. The number of nitrogens with one attached hydrogen (secondary N) is 1. The maximum Gasteiger partial charge on any atom is 0.412 e. The van der Waals surface area contributed by atoms with Crippen LogP contribution in [0.1, 0.15) is 51.7 Å². The molecule has 0 spiro atoms. The van der Waals surface area contributed by atoms with Crippen molar-refractivity contribution < 1.29 is 9.53 Å². The number of fused-ring (bicyclic) bond motifs is 1. The van der Waals surface area contributed by atoms with Crippen LogP contribution < -0.4 is 5.32 Å². The van der Waals surface area contributed by atoms with Crippen molar-refractivity contribution in [1.82, 2.24) is 0 Å². The first-order chi connectivity index (χ1) is 9.39. The Morgan fingerprint density at radius 3 is 2.80 bits per heavy atom. The standard InChI is InChI=1S/C17H25NO2/c1-5-12-9-10-13-7-6-8-15(14(13)11-12)18-16(19)20-17(2,3)4/h6-8,12H,5,9-11H2,1-4H3,(H,18,19). The Morgan fingerprint density at radius 2 is 2.15 bits per heavy atom. The fourth-order valence-electron chi connectivity index (χ4n) is 2.74. The van der Waals surface area contributed by atoms with Gasteiger partial charge in [-0.05, 0) is 63.1 Å². The molecule has 0 saturated heterocycles. The molecule has 1 amide bonds. The van der Waals surface area contributed by atoms with Crippen LogP contribution in [0.4, 0.5) is 10.5 Å². The molecular weight excluding hydrogens is 250 g/mol. The maximum absolute atomic E-state index is 11.9. The first-order valence-electron chi connectivity index (χ1n) is 7.50. The monoisotopic (exact) mass is 275 g/mol.